The van der Waals surface area contributed by atoms with Gasteiger partial charge in [0.05, 0.1) is 24.6 Å². The van der Waals surface area contributed by atoms with Crippen molar-refractivity contribution >= 4 is 16.9 Å². The number of fused-ring (bicyclic) bond motifs is 2. The van der Waals surface area contributed by atoms with E-state index in [0.29, 0.717) is 42.2 Å². The standard InChI is InChI=1S/C37H36N6O3/c1-20-24(6-4-8-26(20)32-19-41-33(37(43-32)45-3)18-40-17-23-10-13-35(44)42-23)25-7-5-9-27(21(25)2)34-15-22-14-29-28(11-12-31(29)39)30(16-38)36(22)46-34/h4-9,14-15,19,23,31,40H,10-13,17-18,39H2,1-3H3,(H,42,44)/t23-,31+/m0/s1. The molecule has 1 fully saturated rings. The smallest absolute Gasteiger partial charge is 0.237 e. The van der Waals surface area contributed by atoms with Crippen LogP contribution in [0, 0.1) is 25.2 Å². The molecule has 2 aliphatic rings. The zero-order chi connectivity index (χ0) is 31.9. The van der Waals surface area contributed by atoms with Crippen LogP contribution < -0.4 is 21.1 Å². The van der Waals surface area contributed by atoms with E-state index in [0.717, 1.165) is 80.6 Å². The molecule has 9 heteroatoms. The van der Waals surface area contributed by atoms with Gasteiger partial charge in [-0.1, -0.05) is 36.4 Å². The molecule has 1 saturated heterocycles. The Hall–Kier alpha value is -5.04. The van der Waals surface area contributed by atoms with Crippen molar-refractivity contribution in [2.45, 2.75) is 58.2 Å². The summed E-state index contributed by atoms with van der Waals surface area (Å²) in [4.78, 5) is 21.0. The molecule has 2 aromatic heterocycles. The second kappa shape index (κ2) is 12.0. The zero-order valence-electron chi connectivity index (χ0n) is 26.2. The molecule has 1 aliphatic heterocycles. The Kier molecular flexibility index (Phi) is 7.77. The SMILES string of the molecule is COc1nc(-c2cccc(-c3cccc(-c4cc5cc6c(c(C#N)c5o4)CC[C@H]6N)c3C)c2C)cnc1CNC[C@@H]1CCC(=O)N1. The number of aromatic nitrogens is 2. The zero-order valence-corrected chi connectivity index (χ0v) is 26.2. The molecule has 1 amide bonds. The maximum Gasteiger partial charge on any atom is 0.237 e. The summed E-state index contributed by atoms with van der Waals surface area (Å²) in [5, 5.41) is 17.3. The largest absolute Gasteiger partial charge is 0.480 e. The number of hydrogen-bond donors (Lipinski definition) is 3. The van der Waals surface area contributed by atoms with Gasteiger partial charge >= 0.3 is 0 Å². The summed E-state index contributed by atoms with van der Waals surface area (Å²) >= 11 is 0. The maximum absolute atomic E-state index is 11.5. The van der Waals surface area contributed by atoms with Crippen molar-refractivity contribution in [2.75, 3.05) is 13.7 Å². The third-order valence-corrected chi connectivity index (χ3v) is 9.44. The van der Waals surface area contributed by atoms with Gasteiger partial charge in [-0.15, -0.1) is 0 Å². The summed E-state index contributed by atoms with van der Waals surface area (Å²) < 4.78 is 12.0. The maximum atomic E-state index is 11.5. The Morgan fingerprint density at radius 2 is 1.80 bits per heavy atom. The van der Waals surface area contributed by atoms with Gasteiger partial charge < -0.3 is 25.5 Å². The van der Waals surface area contributed by atoms with Crippen LogP contribution in [0.15, 0.2) is 59.1 Å². The third kappa shape index (κ3) is 5.19. The molecule has 0 unspecified atom stereocenters. The van der Waals surface area contributed by atoms with Crippen LogP contribution >= 0.6 is 0 Å². The number of carbonyl (C=O) groups excluding carboxylic acids is 1. The predicted molar refractivity (Wildman–Crippen MR) is 177 cm³/mol. The molecule has 0 saturated carbocycles. The van der Waals surface area contributed by atoms with Crippen molar-refractivity contribution in [3.05, 3.63) is 88.2 Å². The van der Waals surface area contributed by atoms with E-state index in [4.69, 9.17) is 24.9 Å². The molecule has 3 heterocycles. The van der Waals surface area contributed by atoms with Gasteiger partial charge in [0.2, 0.25) is 11.8 Å². The molecule has 9 nitrogen and oxygen atoms in total. The first kappa shape index (κ1) is 29.7. The number of nitrogens with zero attached hydrogens (tertiary/aromatic N) is 3. The average Bonchev–Trinajstić information content (AvgIpc) is 3.78. The minimum absolute atomic E-state index is 0.0464. The molecular weight excluding hydrogens is 576 g/mol. The highest BCUT2D eigenvalue weighted by Gasteiger charge is 2.26. The van der Waals surface area contributed by atoms with Crippen LogP contribution in [-0.4, -0.2) is 35.6 Å². The van der Waals surface area contributed by atoms with E-state index in [1.54, 1.807) is 13.3 Å². The molecule has 0 spiro atoms. The first-order valence-corrected chi connectivity index (χ1v) is 15.7. The van der Waals surface area contributed by atoms with Crippen LogP contribution in [0.3, 0.4) is 0 Å². The average molecular weight is 613 g/mol. The fraction of sp³-hybridized carbons (Fsp3) is 0.297. The molecule has 2 atom stereocenters. The van der Waals surface area contributed by atoms with Crippen LogP contribution in [0.4, 0.5) is 0 Å². The van der Waals surface area contributed by atoms with Gasteiger partial charge in [0.1, 0.15) is 17.5 Å². The fourth-order valence-electron chi connectivity index (χ4n) is 6.96. The van der Waals surface area contributed by atoms with Crippen LogP contribution in [0.1, 0.15) is 58.8 Å². The highest BCUT2D eigenvalue weighted by Crippen LogP contribution is 2.41. The number of nitriles is 1. The summed E-state index contributed by atoms with van der Waals surface area (Å²) in [6.45, 7) is 5.36. The van der Waals surface area contributed by atoms with Crippen LogP contribution in [0.25, 0.3) is 44.7 Å². The predicted octanol–water partition coefficient (Wildman–Crippen LogP) is 6.04. The van der Waals surface area contributed by atoms with Crippen molar-refractivity contribution in [1.29, 1.82) is 5.26 Å². The molecule has 7 rings (SSSR count). The molecule has 232 valence electrons. The second-order valence-electron chi connectivity index (χ2n) is 12.2. The lowest BCUT2D eigenvalue weighted by atomic mass is 9.90. The van der Waals surface area contributed by atoms with Crippen molar-refractivity contribution in [1.82, 2.24) is 20.6 Å². The summed E-state index contributed by atoms with van der Waals surface area (Å²) in [6, 6.07) is 19.0. The lowest BCUT2D eigenvalue weighted by Crippen LogP contribution is -2.35. The van der Waals surface area contributed by atoms with Gasteiger partial charge in [0, 0.05) is 48.1 Å². The number of rotatable bonds is 8. The van der Waals surface area contributed by atoms with Gasteiger partial charge in [-0.05, 0) is 78.6 Å². The summed E-state index contributed by atoms with van der Waals surface area (Å²) in [5.74, 6) is 1.30. The van der Waals surface area contributed by atoms with Crippen LogP contribution in [0.5, 0.6) is 5.88 Å². The topological polar surface area (TPSA) is 139 Å². The van der Waals surface area contributed by atoms with Crippen LogP contribution in [0.2, 0.25) is 0 Å². The van der Waals surface area contributed by atoms with Crippen LogP contribution in [-0.2, 0) is 17.8 Å². The molecular formula is C37H36N6O3. The Morgan fingerprint density at radius 1 is 1.07 bits per heavy atom. The Balaban J connectivity index is 1.19. The van der Waals surface area contributed by atoms with Gasteiger partial charge in [0.25, 0.3) is 0 Å². The molecule has 1 aliphatic carbocycles. The van der Waals surface area contributed by atoms with Crippen molar-refractivity contribution in [3.8, 4) is 45.7 Å². The Bertz CT molecular complexity index is 2040. The van der Waals surface area contributed by atoms with E-state index in [2.05, 4.69) is 60.9 Å². The van der Waals surface area contributed by atoms with E-state index >= 15 is 0 Å². The first-order valence-electron chi connectivity index (χ1n) is 15.7. The van der Waals surface area contributed by atoms with E-state index in [1.807, 2.05) is 18.2 Å². The monoisotopic (exact) mass is 612 g/mol. The molecule has 0 bridgehead atoms. The summed E-state index contributed by atoms with van der Waals surface area (Å²) in [6.07, 6.45) is 4.85. The van der Waals surface area contributed by atoms with Gasteiger partial charge in [-0.25, -0.2) is 4.98 Å². The highest BCUT2D eigenvalue weighted by atomic mass is 16.5. The van der Waals surface area contributed by atoms with Crippen molar-refractivity contribution in [2.24, 2.45) is 5.73 Å². The fourth-order valence-corrected chi connectivity index (χ4v) is 6.96. The Labute approximate surface area is 267 Å². The van der Waals surface area contributed by atoms with E-state index < -0.39 is 0 Å². The first-order chi connectivity index (χ1) is 22.4. The molecule has 46 heavy (non-hydrogen) atoms. The number of carbonyl (C=O) groups is 1. The Morgan fingerprint density at radius 3 is 2.52 bits per heavy atom. The summed E-state index contributed by atoms with van der Waals surface area (Å²) in [7, 11) is 1.60. The lowest BCUT2D eigenvalue weighted by molar-refractivity contribution is -0.119. The van der Waals surface area contributed by atoms with E-state index in [-0.39, 0.29) is 18.0 Å². The van der Waals surface area contributed by atoms with Gasteiger partial charge in [-0.3, -0.25) is 9.78 Å². The highest BCUT2D eigenvalue weighted by molar-refractivity contribution is 5.91. The normalized spacial score (nSPS) is 17.2. The van der Waals surface area contributed by atoms with Gasteiger partial charge in [-0.2, -0.15) is 5.26 Å². The van der Waals surface area contributed by atoms with Gasteiger partial charge in [0.15, 0.2) is 5.58 Å². The minimum atomic E-state index is -0.0464. The lowest BCUT2D eigenvalue weighted by Gasteiger charge is -2.16. The number of amides is 1. The molecule has 4 N–H and O–H groups in total. The molecule has 0 radical (unpaired) electrons. The number of methoxy groups -OCH3 is 1. The van der Waals surface area contributed by atoms with Crippen molar-refractivity contribution < 1.29 is 13.9 Å². The number of benzene rings is 3. The van der Waals surface area contributed by atoms with E-state index in [1.165, 1.54) is 0 Å². The quantitative estimate of drug-likeness (QED) is 0.193. The third-order valence-electron chi connectivity index (χ3n) is 9.44. The number of furan rings is 1. The number of ether oxygens (including phenoxy) is 1. The minimum Gasteiger partial charge on any atom is -0.480 e. The molecule has 3 aromatic carbocycles. The number of hydrogen-bond acceptors (Lipinski definition) is 8. The molecule has 5 aromatic rings. The summed E-state index contributed by atoms with van der Waals surface area (Å²) in [5.41, 5.74) is 17.4. The van der Waals surface area contributed by atoms with E-state index in [9.17, 15) is 10.1 Å². The number of nitrogens with one attached hydrogen (secondary N) is 2. The number of nitrogens with two attached hydrogens (primary N) is 1. The second-order valence-corrected chi connectivity index (χ2v) is 12.2. The van der Waals surface area contributed by atoms with Crippen molar-refractivity contribution in [3.63, 3.8) is 0 Å².